The molecule has 0 aromatic rings. The van der Waals surface area contributed by atoms with Crippen LogP contribution in [0.4, 0.5) is 4.79 Å². The lowest BCUT2D eigenvalue weighted by Gasteiger charge is -2.32. The lowest BCUT2D eigenvalue weighted by molar-refractivity contribution is 0.00578. The maximum absolute atomic E-state index is 12.5. The Balaban J connectivity index is 2.91. The van der Waals surface area contributed by atoms with Crippen molar-refractivity contribution < 1.29 is 18.8 Å². The van der Waals surface area contributed by atoms with Crippen molar-refractivity contribution in [2.75, 3.05) is 0 Å². The molecular formula is C17H32BNO4. The summed E-state index contributed by atoms with van der Waals surface area (Å²) in [6, 6.07) is -0.451. The SMILES string of the molecule is C/C=C/[C@@H](OC(=O)N(C(C)C)C(C)C)B1OC(C)(C)C(C)(C)O1. The summed E-state index contributed by atoms with van der Waals surface area (Å²) in [7, 11) is -0.610. The van der Waals surface area contributed by atoms with E-state index in [1.165, 1.54) is 0 Å². The molecule has 1 fully saturated rings. The molecule has 1 rings (SSSR count). The van der Waals surface area contributed by atoms with Crippen LogP contribution in [-0.4, -0.2) is 47.4 Å². The third kappa shape index (κ3) is 4.51. The first kappa shape index (κ1) is 20.0. The van der Waals surface area contributed by atoms with Crippen LogP contribution in [0.1, 0.15) is 62.3 Å². The minimum atomic E-state index is -0.610. The van der Waals surface area contributed by atoms with Crippen molar-refractivity contribution in [3.05, 3.63) is 12.2 Å². The summed E-state index contributed by atoms with van der Waals surface area (Å²) in [5.74, 6) is 0. The van der Waals surface area contributed by atoms with E-state index in [0.717, 1.165) is 0 Å². The number of hydrogen-bond acceptors (Lipinski definition) is 4. The number of amides is 1. The fourth-order valence-corrected chi connectivity index (χ4v) is 2.59. The van der Waals surface area contributed by atoms with Gasteiger partial charge in [-0.05, 0) is 62.3 Å². The van der Waals surface area contributed by atoms with Crippen LogP contribution in [0.2, 0.25) is 0 Å². The second-order valence-corrected chi connectivity index (χ2v) is 7.59. The van der Waals surface area contributed by atoms with Gasteiger partial charge in [-0.2, -0.15) is 0 Å². The Bertz CT molecular complexity index is 422. The number of allylic oxidation sites excluding steroid dienone is 1. The smallest absolute Gasteiger partial charge is 0.444 e. The summed E-state index contributed by atoms with van der Waals surface area (Å²) >= 11 is 0. The molecule has 0 aromatic heterocycles. The highest BCUT2D eigenvalue weighted by molar-refractivity contribution is 6.48. The Hall–Kier alpha value is -1.01. The molecule has 1 aliphatic rings. The second kappa shape index (κ2) is 7.26. The zero-order valence-electron chi connectivity index (χ0n) is 16.0. The molecule has 1 aliphatic heterocycles. The van der Waals surface area contributed by atoms with E-state index in [4.69, 9.17) is 14.0 Å². The molecule has 23 heavy (non-hydrogen) atoms. The predicted octanol–water partition coefficient (Wildman–Crippen LogP) is 3.82. The summed E-state index contributed by atoms with van der Waals surface area (Å²) < 4.78 is 17.7. The summed E-state index contributed by atoms with van der Waals surface area (Å²) in [5, 5.41) is 0. The molecule has 0 saturated carbocycles. The van der Waals surface area contributed by atoms with Crippen molar-refractivity contribution in [3.8, 4) is 0 Å². The Morgan fingerprint density at radius 3 is 1.83 bits per heavy atom. The molecule has 0 N–H and O–H groups in total. The van der Waals surface area contributed by atoms with Gasteiger partial charge in [0.15, 0.2) is 6.00 Å². The molecule has 0 radical (unpaired) electrons. The van der Waals surface area contributed by atoms with Crippen molar-refractivity contribution >= 4 is 13.2 Å². The average molecular weight is 325 g/mol. The van der Waals surface area contributed by atoms with Gasteiger partial charge < -0.3 is 18.9 Å². The van der Waals surface area contributed by atoms with Crippen LogP contribution in [-0.2, 0) is 14.0 Å². The van der Waals surface area contributed by atoms with Crippen LogP contribution in [0.25, 0.3) is 0 Å². The van der Waals surface area contributed by atoms with Gasteiger partial charge in [-0.1, -0.05) is 12.2 Å². The fraction of sp³-hybridized carbons (Fsp3) is 0.824. The van der Waals surface area contributed by atoms with Gasteiger partial charge >= 0.3 is 13.2 Å². The van der Waals surface area contributed by atoms with Crippen LogP contribution < -0.4 is 0 Å². The Labute approximate surface area is 141 Å². The number of nitrogens with zero attached hydrogens (tertiary/aromatic N) is 1. The average Bonchev–Trinajstić information content (AvgIpc) is 2.56. The molecule has 0 aromatic carbocycles. The lowest BCUT2D eigenvalue weighted by Crippen LogP contribution is -2.46. The van der Waals surface area contributed by atoms with Gasteiger partial charge in [0.2, 0.25) is 0 Å². The highest BCUT2D eigenvalue weighted by Crippen LogP contribution is 2.38. The summed E-state index contributed by atoms with van der Waals surface area (Å²) in [5.41, 5.74) is -0.917. The van der Waals surface area contributed by atoms with E-state index in [9.17, 15) is 4.79 Å². The first-order valence-corrected chi connectivity index (χ1v) is 8.40. The molecule has 6 heteroatoms. The molecule has 132 valence electrons. The fourth-order valence-electron chi connectivity index (χ4n) is 2.59. The van der Waals surface area contributed by atoms with E-state index in [-0.39, 0.29) is 18.2 Å². The van der Waals surface area contributed by atoms with Gasteiger partial charge in [-0.15, -0.1) is 0 Å². The maximum atomic E-state index is 12.5. The Kier molecular flexibility index (Phi) is 6.33. The lowest BCUT2D eigenvalue weighted by atomic mass is 9.80. The molecule has 1 amide bonds. The molecule has 5 nitrogen and oxygen atoms in total. The molecule has 0 aliphatic carbocycles. The topological polar surface area (TPSA) is 48.0 Å². The van der Waals surface area contributed by atoms with Crippen LogP contribution in [0.3, 0.4) is 0 Å². The number of rotatable bonds is 5. The van der Waals surface area contributed by atoms with Gasteiger partial charge in [0.05, 0.1) is 11.2 Å². The first-order valence-electron chi connectivity index (χ1n) is 8.40. The summed E-state index contributed by atoms with van der Waals surface area (Å²) in [6.45, 7) is 17.7. The first-order chi connectivity index (χ1) is 10.4. The van der Waals surface area contributed by atoms with E-state index in [2.05, 4.69) is 0 Å². The molecule has 1 heterocycles. The summed E-state index contributed by atoms with van der Waals surface area (Å²) in [4.78, 5) is 14.3. The maximum Gasteiger partial charge on any atom is 0.506 e. The van der Waals surface area contributed by atoms with Gasteiger partial charge in [-0.25, -0.2) is 4.79 Å². The van der Waals surface area contributed by atoms with Gasteiger partial charge in [0, 0.05) is 12.1 Å². The van der Waals surface area contributed by atoms with Crippen molar-refractivity contribution in [2.45, 2.75) is 91.6 Å². The zero-order chi connectivity index (χ0) is 18.0. The van der Waals surface area contributed by atoms with E-state index < -0.39 is 24.3 Å². The molecule has 1 atom stereocenters. The van der Waals surface area contributed by atoms with Crippen molar-refractivity contribution in [1.29, 1.82) is 0 Å². The van der Waals surface area contributed by atoms with Crippen molar-refractivity contribution in [3.63, 3.8) is 0 Å². The van der Waals surface area contributed by atoms with E-state index >= 15 is 0 Å². The molecule has 1 saturated heterocycles. The zero-order valence-corrected chi connectivity index (χ0v) is 16.0. The highest BCUT2D eigenvalue weighted by Gasteiger charge is 2.54. The van der Waals surface area contributed by atoms with Gasteiger partial charge in [0.1, 0.15) is 0 Å². The van der Waals surface area contributed by atoms with Gasteiger partial charge in [-0.3, -0.25) is 0 Å². The number of hydrogen-bond donors (Lipinski definition) is 0. The minimum absolute atomic E-state index is 0.0621. The summed E-state index contributed by atoms with van der Waals surface area (Å²) in [6.07, 6.45) is 3.30. The Morgan fingerprint density at radius 1 is 1.04 bits per heavy atom. The van der Waals surface area contributed by atoms with Crippen LogP contribution in [0.15, 0.2) is 12.2 Å². The molecule has 0 bridgehead atoms. The monoisotopic (exact) mass is 325 g/mol. The van der Waals surface area contributed by atoms with Crippen molar-refractivity contribution in [2.24, 2.45) is 0 Å². The van der Waals surface area contributed by atoms with Crippen LogP contribution in [0, 0.1) is 0 Å². The third-order valence-electron chi connectivity index (χ3n) is 4.48. The highest BCUT2D eigenvalue weighted by atomic mass is 16.7. The second-order valence-electron chi connectivity index (χ2n) is 7.59. The number of carbonyl (C=O) groups is 1. The molecule has 0 spiro atoms. The van der Waals surface area contributed by atoms with Crippen LogP contribution in [0.5, 0.6) is 0 Å². The standard InChI is InChI=1S/C17H32BNO4/c1-10-11-14(18-22-16(6,7)17(8,9)23-18)21-15(20)19(12(2)3)13(4)5/h10-14H,1-9H3/b11-10+/t14-/m1/s1. The van der Waals surface area contributed by atoms with Crippen LogP contribution >= 0.6 is 0 Å². The quantitative estimate of drug-likeness (QED) is 0.569. The third-order valence-corrected chi connectivity index (χ3v) is 4.48. The predicted molar refractivity (Wildman–Crippen MR) is 93.3 cm³/mol. The van der Waals surface area contributed by atoms with E-state index in [1.807, 2.05) is 68.4 Å². The van der Waals surface area contributed by atoms with E-state index in [0.29, 0.717) is 0 Å². The Morgan fingerprint density at radius 2 is 1.48 bits per heavy atom. The van der Waals surface area contributed by atoms with Crippen molar-refractivity contribution in [1.82, 2.24) is 4.90 Å². The molecular weight excluding hydrogens is 293 g/mol. The largest absolute Gasteiger partial charge is 0.506 e. The van der Waals surface area contributed by atoms with E-state index in [1.54, 1.807) is 11.0 Å². The number of ether oxygens (including phenoxy) is 1. The number of carbonyl (C=O) groups excluding carboxylic acids is 1. The minimum Gasteiger partial charge on any atom is -0.444 e. The normalized spacial score (nSPS) is 21.3. The van der Waals surface area contributed by atoms with Gasteiger partial charge in [0.25, 0.3) is 0 Å². The molecule has 0 unspecified atom stereocenters.